The van der Waals surface area contributed by atoms with Gasteiger partial charge in [-0.1, -0.05) is 39.0 Å². The van der Waals surface area contributed by atoms with Crippen LogP contribution in [0.4, 0.5) is 0 Å². The Balaban J connectivity index is 1.78. The lowest BCUT2D eigenvalue weighted by atomic mass is 9.87. The van der Waals surface area contributed by atoms with Gasteiger partial charge >= 0.3 is 0 Å². The van der Waals surface area contributed by atoms with E-state index in [1.165, 1.54) is 0 Å². The monoisotopic (exact) mass is 448 g/mol. The van der Waals surface area contributed by atoms with Crippen molar-refractivity contribution < 1.29 is 22.7 Å². The van der Waals surface area contributed by atoms with E-state index in [0.29, 0.717) is 17.9 Å². The molecule has 0 saturated carbocycles. The van der Waals surface area contributed by atoms with Gasteiger partial charge in [0, 0.05) is 19.5 Å². The average molecular weight is 449 g/mol. The molecule has 0 atom stereocenters. The Labute approximate surface area is 185 Å². The number of hydrogen-bond donors (Lipinski definition) is 2. The van der Waals surface area contributed by atoms with Crippen LogP contribution >= 0.6 is 0 Å². The van der Waals surface area contributed by atoms with Gasteiger partial charge in [0.1, 0.15) is 0 Å². The Morgan fingerprint density at radius 1 is 0.935 bits per heavy atom. The third-order valence-corrected chi connectivity index (χ3v) is 6.34. The highest BCUT2D eigenvalue weighted by molar-refractivity contribution is 7.89. The number of sulfonamides is 1. The molecule has 2 rings (SSSR count). The summed E-state index contributed by atoms with van der Waals surface area (Å²) >= 11 is 0. The first-order valence-corrected chi connectivity index (χ1v) is 11.6. The zero-order valence-electron chi connectivity index (χ0n) is 18.8. The minimum atomic E-state index is -3.62. The molecule has 0 unspecified atom stereocenters. The predicted octanol–water partition coefficient (Wildman–Crippen LogP) is 3.03. The van der Waals surface area contributed by atoms with E-state index in [0.717, 1.165) is 11.1 Å². The molecule has 2 aromatic rings. The van der Waals surface area contributed by atoms with E-state index in [-0.39, 0.29) is 35.7 Å². The predicted molar refractivity (Wildman–Crippen MR) is 121 cm³/mol. The zero-order valence-corrected chi connectivity index (χ0v) is 19.6. The number of ether oxygens (including phenoxy) is 2. The van der Waals surface area contributed by atoms with Crippen LogP contribution in [0.1, 0.15) is 38.3 Å². The summed E-state index contributed by atoms with van der Waals surface area (Å²) in [5, 5.41) is 2.74. The summed E-state index contributed by atoms with van der Waals surface area (Å²) in [6.07, 6.45) is 0.828. The Hall–Kier alpha value is -2.58. The molecule has 0 radical (unpaired) electrons. The maximum absolute atomic E-state index is 12.4. The lowest BCUT2D eigenvalue weighted by molar-refractivity contribution is -0.121. The topological polar surface area (TPSA) is 93.7 Å². The molecule has 0 aliphatic heterocycles. The first-order valence-electron chi connectivity index (χ1n) is 10.1. The molecule has 0 heterocycles. The minimum Gasteiger partial charge on any atom is -0.493 e. The van der Waals surface area contributed by atoms with Gasteiger partial charge in [0.05, 0.1) is 19.1 Å². The summed E-state index contributed by atoms with van der Waals surface area (Å²) in [5.41, 5.74) is 1.97. The van der Waals surface area contributed by atoms with E-state index in [9.17, 15) is 13.2 Å². The van der Waals surface area contributed by atoms with Gasteiger partial charge in [-0.15, -0.1) is 0 Å². The van der Waals surface area contributed by atoms with Gasteiger partial charge in [-0.2, -0.15) is 0 Å². The lowest BCUT2D eigenvalue weighted by Crippen LogP contribution is -2.34. The molecular weight excluding hydrogens is 416 g/mol. The molecule has 0 aliphatic rings. The van der Waals surface area contributed by atoms with Crippen LogP contribution in [-0.4, -0.2) is 41.6 Å². The van der Waals surface area contributed by atoms with Crippen molar-refractivity contribution >= 4 is 15.9 Å². The molecule has 0 aromatic heterocycles. The van der Waals surface area contributed by atoms with Gasteiger partial charge in [0.15, 0.2) is 11.5 Å². The number of carbonyl (C=O) groups excluding carboxylic acids is 1. The highest BCUT2D eigenvalue weighted by atomic mass is 32.2. The van der Waals surface area contributed by atoms with Gasteiger partial charge in [0.2, 0.25) is 15.9 Å². The summed E-state index contributed by atoms with van der Waals surface area (Å²) < 4.78 is 37.8. The first-order chi connectivity index (χ1) is 14.6. The van der Waals surface area contributed by atoms with Crippen molar-refractivity contribution in [2.75, 3.05) is 27.3 Å². The molecule has 1 amide bonds. The van der Waals surface area contributed by atoms with Gasteiger partial charge < -0.3 is 14.8 Å². The Kier molecular flexibility index (Phi) is 8.47. The molecule has 2 N–H and O–H groups in total. The Morgan fingerprint density at radius 2 is 1.58 bits per heavy atom. The second-order valence-electron chi connectivity index (χ2n) is 8.21. The van der Waals surface area contributed by atoms with Crippen LogP contribution in [0.25, 0.3) is 0 Å². The smallest absolute Gasteiger partial charge is 0.240 e. The van der Waals surface area contributed by atoms with Gasteiger partial charge in [-0.25, -0.2) is 13.1 Å². The molecule has 0 saturated heterocycles. The summed E-state index contributed by atoms with van der Waals surface area (Å²) in [6, 6.07) is 12.4. The van der Waals surface area contributed by atoms with Crippen LogP contribution in [0.3, 0.4) is 0 Å². The number of methoxy groups -OCH3 is 2. The molecule has 0 bridgehead atoms. The summed E-state index contributed by atoms with van der Waals surface area (Å²) in [7, 11) is -0.484. The fourth-order valence-electron chi connectivity index (χ4n) is 2.99. The standard InChI is InChI=1S/C23H32N2O5S/c1-23(2,3)18-8-10-19(11-9-18)31(27,28)25-15-14-24-22(26)13-7-17-6-12-20(29-4)21(16-17)30-5/h6,8-12,16,25H,7,13-15H2,1-5H3,(H,24,26). The van der Waals surface area contributed by atoms with E-state index < -0.39 is 10.0 Å². The van der Waals surface area contributed by atoms with Crippen LogP contribution in [0.2, 0.25) is 0 Å². The van der Waals surface area contributed by atoms with Crippen LogP contribution in [0.15, 0.2) is 47.4 Å². The van der Waals surface area contributed by atoms with Crippen LogP contribution in [0, 0.1) is 0 Å². The molecule has 0 spiro atoms. The Morgan fingerprint density at radius 3 is 2.16 bits per heavy atom. The third kappa shape index (κ3) is 7.25. The molecule has 2 aromatic carbocycles. The number of hydrogen-bond acceptors (Lipinski definition) is 5. The van der Waals surface area contributed by atoms with Crippen molar-refractivity contribution in [3.8, 4) is 11.5 Å². The fraction of sp³-hybridized carbons (Fsp3) is 0.435. The zero-order chi connectivity index (χ0) is 23.1. The number of carbonyl (C=O) groups is 1. The number of nitrogens with one attached hydrogen (secondary N) is 2. The molecule has 0 fully saturated rings. The van der Waals surface area contributed by atoms with Crippen molar-refractivity contribution in [3.05, 3.63) is 53.6 Å². The van der Waals surface area contributed by atoms with Gasteiger partial charge in [-0.05, 0) is 47.2 Å². The molecule has 0 aliphatic carbocycles. The molecule has 8 heteroatoms. The van der Waals surface area contributed by atoms with E-state index >= 15 is 0 Å². The normalized spacial score (nSPS) is 11.8. The second-order valence-corrected chi connectivity index (χ2v) is 9.98. The van der Waals surface area contributed by atoms with Crippen molar-refractivity contribution in [3.63, 3.8) is 0 Å². The average Bonchev–Trinajstić information content (AvgIpc) is 2.74. The highest BCUT2D eigenvalue weighted by Gasteiger charge is 2.17. The molecule has 170 valence electrons. The lowest BCUT2D eigenvalue weighted by Gasteiger charge is -2.19. The van der Waals surface area contributed by atoms with E-state index in [4.69, 9.17) is 9.47 Å². The largest absolute Gasteiger partial charge is 0.493 e. The quantitative estimate of drug-likeness (QED) is 0.545. The third-order valence-electron chi connectivity index (χ3n) is 4.86. The first kappa shape index (κ1) is 24.7. The molecule has 31 heavy (non-hydrogen) atoms. The van der Waals surface area contributed by atoms with Crippen molar-refractivity contribution in [1.29, 1.82) is 0 Å². The number of benzene rings is 2. The Bertz CT molecular complexity index is 980. The highest BCUT2D eigenvalue weighted by Crippen LogP contribution is 2.28. The van der Waals surface area contributed by atoms with Crippen molar-refractivity contribution in [1.82, 2.24) is 10.0 Å². The van der Waals surface area contributed by atoms with Crippen LogP contribution < -0.4 is 19.5 Å². The second kappa shape index (κ2) is 10.6. The van der Waals surface area contributed by atoms with Crippen LogP contribution in [0.5, 0.6) is 11.5 Å². The summed E-state index contributed by atoms with van der Waals surface area (Å²) in [5.74, 6) is 1.10. The number of rotatable bonds is 10. The summed E-state index contributed by atoms with van der Waals surface area (Å²) in [4.78, 5) is 12.3. The SMILES string of the molecule is COc1ccc(CCC(=O)NCCNS(=O)(=O)c2ccc(C(C)(C)C)cc2)cc1OC. The fourth-order valence-corrected chi connectivity index (χ4v) is 4.02. The molecular formula is C23H32N2O5S. The number of amides is 1. The van der Waals surface area contributed by atoms with Gasteiger partial charge in [-0.3, -0.25) is 4.79 Å². The van der Waals surface area contributed by atoms with Crippen LogP contribution in [-0.2, 0) is 26.7 Å². The van der Waals surface area contributed by atoms with E-state index in [1.807, 2.05) is 24.3 Å². The summed E-state index contributed by atoms with van der Waals surface area (Å²) in [6.45, 7) is 6.54. The van der Waals surface area contributed by atoms with Gasteiger partial charge in [0.25, 0.3) is 0 Å². The van der Waals surface area contributed by atoms with E-state index in [1.54, 1.807) is 32.4 Å². The maximum atomic E-state index is 12.4. The van der Waals surface area contributed by atoms with Crippen molar-refractivity contribution in [2.24, 2.45) is 0 Å². The molecule has 7 nitrogen and oxygen atoms in total. The minimum absolute atomic E-state index is 0.0447. The number of aryl methyl sites for hydroxylation is 1. The van der Waals surface area contributed by atoms with Crippen molar-refractivity contribution in [2.45, 2.75) is 43.9 Å². The van der Waals surface area contributed by atoms with E-state index in [2.05, 4.69) is 30.8 Å². The maximum Gasteiger partial charge on any atom is 0.240 e.